The summed E-state index contributed by atoms with van der Waals surface area (Å²) in [6.45, 7) is 0.655. The molecule has 3 rings (SSSR count). The molecule has 0 amide bonds. The molecular formula is C34H53N9O11. The van der Waals surface area contributed by atoms with Crippen LogP contribution in [0, 0.1) is 5.41 Å². The number of ether oxygens (including phenoxy) is 2. The fourth-order valence-electron chi connectivity index (χ4n) is 4.04. The van der Waals surface area contributed by atoms with Crippen LogP contribution in [0.5, 0.6) is 0 Å². The topological polar surface area (TPSA) is 386 Å². The molecular weight excluding hydrogens is 710 g/mol. The van der Waals surface area contributed by atoms with E-state index in [4.69, 9.17) is 59.9 Å². The maximum atomic E-state index is 11.5. The van der Waals surface area contributed by atoms with E-state index < -0.39 is 60.0 Å². The average molecular weight is 764 g/mol. The lowest BCUT2D eigenvalue weighted by atomic mass is 10.1. The van der Waals surface area contributed by atoms with E-state index in [0.717, 1.165) is 30.5 Å². The highest BCUT2D eigenvalue weighted by Crippen LogP contribution is 2.06. The molecule has 18 N–H and O–H groups in total. The molecule has 20 nitrogen and oxygen atoms in total. The van der Waals surface area contributed by atoms with Crippen molar-refractivity contribution >= 4 is 41.8 Å². The molecule has 0 saturated carbocycles. The number of benzene rings is 2. The first-order valence-electron chi connectivity index (χ1n) is 16.7. The van der Waals surface area contributed by atoms with Gasteiger partial charge in [0.05, 0.1) is 6.54 Å². The summed E-state index contributed by atoms with van der Waals surface area (Å²) in [6.07, 6.45) is 3.37. The van der Waals surface area contributed by atoms with Gasteiger partial charge in [-0.2, -0.15) is 0 Å². The van der Waals surface area contributed by atoms with Crippen LogP contribution in [0.25, 0.3) is 0 Å². The molecule has 2 aromatic rings. The van der Waals surface area contributed by atoms with Crippen molar-refractivity contribution in [2.75, 3.05) is 26.2 Å². The first-order chi connectivity index (χ1) is 25.5. The van der Waals surface area contributed by atoms with Crippen molar-refractivity contribution in [1.82, 2.24) is 10.6 Å². The van der Waals surface area contributed by atoms with E-state index in [1.54, 1.807) is 0 Å². The fraction of sp³-hybridized carbons (Fsp3) is 0.441. The van der Waals surface area contributed by atoms with Crippen molar-refractivity contribution in [2.45, 2.75) is 68.7 Å². The number of carbonyl (C=O) groups excluding carboxylic acids is 3. The quantitative estimate of drug-likeness (QED) is 0.0278. The number of nitrogens with two attached hydrogens (primary N) is 6. The van der Waals surface area contributed by atoms with E-state index >= 15 is 0 Å². The van der Waals surface area contributed by atoms with Gasteiger partial charge in [0.1, 0.15) is 36.8 Å². The number of guanidine groups is 1. The number of hydrogen-bond donors (Lipinski definition) is 12. The summed E-state index contributed by atoms with van der Waals surface area (Å²) >= 11 is 0. The molecule has 0 aromatic heterocycles. The van der Waals surface area contributed by atoms with Crippen LogP contribution in [-0.2, 0) is 51.1 Å². The lowest BCUT2D eigenvalue weighted by Gasteiger charge is -2.13. The highest BCUT2D eigenvalue weighted by atomic mass is 16.6. The standard InChI is InChI=1S/C12H16N2O4.C9H11NO2.C7H12N2O3.C6H14N4O2/c13-9(6-8-4-2-1-3-5-8)12(17)18-7-10(14)11(15)16;10-8(9(11)12)6-7-4-2-1-3-5-7;8-4-6(10)12-7(11)5-2-1-3-9-5;7-4(5(11)12)2-1-3-10-6(8)9/h1-5,9-10H,6-7,13-14H2,(H,15,16);1-5,8H,6,10H2,(H,11,12);5,9H,1-4,8H2;4H,1-3,7H2,(H,11,12)(H4,8,9,10)/t9-,10-;8-;5-;4-/m0000/s1. The zero-order valence-corrected chi connectivity index (χ0v) is 29.8. The Hall–Kier alpha value is -5.51. The van der Waals surface area contributed by atoms with Crippen molar-refractivity contribution < 1.29 is 53.6 Å². The van der Waals surface area contributed by atoms with Crippen LogP contribution in [-0.4, -0.2) is 114 Å². The van der Waals surface area contributed by atoms with Gasteiger partial charge in [0.2, 0.25) is 0 Å². The largest absolute Gasteiger partial charge is 0.480 e. The Morgan fingerprint density at radius 1 is 0.796 bits per heavy atom. The van der Waals surface area contributed by atoms with Gasteiger partial charge in [0, 0.05) is 6.54 Å². The van der Waals surface area contributed by atoms with Crippen LogP contribution >= 0.6 is 0 Å². The zero-order valence-electron chi connectivity index (χ0n) is 29.8. The van der Waals surface area contributed by atoms with Crippen LogP contribution < -0.4 is 45.0 Å². The normalized spacial score (nSPS) is 14.9. The highest BCUT2D eigenvalue weighted by molar-refractivity contribution is 5.89. The van der Waals surface area contributed by atoms with Crippen LogP contribution in [0.4, 0.5) is 0 Å². The number of carbonyl (C=O) groups is 6. The summed E-state index contributed by atoms with van der Waals surface area (Å²) in [6, 6.07) is 14.6. The van der Waals surface area contributed by atoms with Crippen LogP contribution in [0.15, 0.2) is 60.7 Å². The van der Waals surface area contributed by atoms with Crippen LogP contribution in [0.3, 0.4) is 0 Å². The molecule has 1 aliphatic heterocycles. The predicted octanol–water partition coefficient (Wildman–Crippen LogP) is -2.42. The minimum Gasteiger partial charge on any atom is -0.480 e. The molecule has 0 spiro atoms. The van der Waals surface area contributed by atoms with Gasteiger partial charge in [-0.3, -0.25) is 29.4 Å². The first kappa shape index (κ1) is 48.5. The van der Waals surface area contributed by atoms with Crippen molar-refractivity contribution in [3.05, 3.63) is 71.8 Å². The van der Waals surface area contributed by atoms with Crippen molar-refractivity contribution in [3.8, 4) is 0 Å². The monoisotopic (exact) mass is 763 g/mol. The van der Waals surface area contributed by atoms with Gasteiger partial charge in [0.15, 0.2) is 5.96 Å². The number of hydrogen-bond acceptors (Lipinski definition) is 15. The third kappa shape index (κ3) is 23.9. The van der Waals surface area contributed by atoms with Gasteiger partial charge in [-0.15, -0.1) is 0 Å². The van der Waals surface area contributed by atoms with Crippen LogP contribution in [0.2, 0.25) is 0 Å². The second kappa shape index (κ2) is 28.1. The van der Waals surface area contributed by atoms with Crippen molar-refractivity contribution in [3.63, 3.8) is 0 Å². The Bertz CT molecular complexity index is 1450. The Morgan fingerprint density at radius 3 is 1.72 bits per heavy atom. The molecule has 1 saturated heterocycles. The molecule has 0 bridgehead atoms. The van der Waals surface area contributed by atoms with E-state index in [9.17, 15) is 28.8 Å². The molecule has 1 heterocycles. The SMILES string of the molecule is N=C(N)NCCC[C@H](N)C(=O)O.NCC(=O)OC(=O)[C@@H]1CCCN1.N[C@@H](COC(=O)[C@@H](N)Cc1ccccc1)C(=O)O.N[C@@H](Cc1ccccc1)C(=O)O. The third-order valence-electron chi connectivity index (χ3n) is 6.99. The smallest absolute Gasteiger partial charge is 0.330 e. The van der Waals surface area contributed by atoms with Gasteiger partial charge in [-0.05, 0) is 56.2 Å². The Labute approximate surface area is 312 Å². The van der Waals surface area contributed by atoms with Gasteiger partial charge >= 0.3 is 35.8 Å². The number of rotatable bonds is 16. The van der Waals surface area contributed by atoms with Gasteiger partial charge < -0.3 is 69.8 Å². The summed E-state index contributed by atoms with van der Waals surface area (Å²) in [7, 11) is 0. The van der Waals surface area contributed by atoms with Gasteiger partial charge in [-0.1, -0.05) is 60.7 Å². The number of carboxylic acids is 3. The maximum Gasteiger partial charge on any atom is 0.330 e. The highest BCUT2D eigenvalue weighted by Gasteiger charge is 2.25. The number of carboxylic acid groups (broad SMARTS) is 3. The molecule has 20 heteroatoms. The van der Waals surface area contributed by atoms with Crippen LogP contribution in [0.1, 0.15) is 36.8 Å². The zero-order chi connectivity index (χ0) is 41.1. The number of aliphatic carboxylic acids is 3. The molecule has 300 valence electrons. The minimum absolute atomic E-state index is 0.112. The summed E-state index contributed by atoms with van der Waals surface area (Å²) in [5.74, 6) is -5.14. The molecule has 5 atom stereocenters. The summed E-state index contributed by atoms with van der Waals surface area (Å²) in [5.41, 5.74) is 33.2. The third-order valence-corrected chi connectivity index (χ3v) is 6.99. The van der Waals surface area contributed by atoms with E-state index in [-0.39, 0.29) is 25.2 Å². The number of esters is 3. The van der Waals surface area contributed by atoms with Crippen molar-refractivity contribution in [1.29, 1.82) is 5.41 Å². The molecule has 0 aliphatic carbocycles. The lowest BCUT2D eigenvalue weighted by Crippen LogP contribution is -2.40. The predicted molar refractivity (Wildman–Crippen MR) is 196 cm³/mol. The minimum atomic E-state index is -1.22. The van der Waals surface area contributed by atoms with E-state index in [1.165, 1.54) is 0 Å². The molecule has 1 fully saturated rings. The van der Waals surface area contributed by atoms with Gasteiger partial charge in [0.25, 0.3) is 0 Å². The summed E-state index contributed by atoms with van der Waals surface area (Å²) < 4.78 is 9.15. The molecule has 2 aromatic carbocycles. The average Bonchev–Trinajstić information content (AvgIpc) is 3.69. The first-order valence-corrected chi connectivity index (χ1v) is 16.7. The molecule has 0 radical (unpaired) electrons. The summed E-state index contributed by atoms with van der Waals surface area (Å²) in [5, 5.41) is 37.7. The molecule has 0 unspecified atom stereocenters. The summed E-state index contributed by atoms with van der Waals surface area (Å²) in [4.78, 5) is 64.1. The molecule has 54 heavy (non-hydrogen) atoms. The fourth-order valence-corrected chi connectivity index (χ4v) is 4.04. The lowest BCUT2D eigenvalue weighted by molar-refractivity contribution is -0.160. The number of nitrogens with one attached hydrogen (secondary N) is 3. The Balaban J connectivity index is 0.000000707. The second-order valence-electron chi connectivity index (χ2n) is 11.6. The molecule has 1 aliphatic rings. The van der Waals surface area contributed by atoms with Gasteiger partial charge in [-0.25, -0.2) is 4.79 Å². The second-order valence-corrected chi connectivity index (χ2v) is 11.6. The van der Waals surface area contributed by atoms with E-state index in [2.05, 4.69) is 15.4 Å². The Morgan fingerprint density at radius 2 is 1.30 bits per heavy atom. The van der Waals surface area contributed by atoms with E-state index in [0.29, 0.717) is 32.2 Å². The van der Waals surface area contributed by atoms with Crippen molar-refractivity contribution in [2.24, 2.45) is 34.4 Å². The maximum absolute atomic E-state index is 11.5. The van der Waals surface area contributed by atoms with E-state index in [1.807, 2.05) is 60.7 Å². The Kier molecular flexibility index (Phi) is 25.2.